The van der Waals surface area contributed by atoms with Crippen LogP contribution in [-0.2, 0) is 35.9 Å². The summed E-state index contributed by atoms with van der Waals surface area (Å²) in [5.74, 6) is -4.95. The van der Waals surface area contributed by atoms with E-state index in [-0.39, 0.29) is 22.8 Å². The zero-order valence-corrected chi connectivity index (χ0v) is 26.0. The van der Waals surface area contributed by atoms with Crippen molar-refractivity contribution in [1.82, 2.24) is 14.7 Å². The highest BCUT2D eigenvalue weighted by Crippen LogP contribution is 2.54. The number of aromatic nitrogens is 2. The zero-order chi connectivity index (χ0) is 32.1. The molecule has 1 spiro atoms. The van der Waals surface area contributed by atoms with Gasteiger partial charge in [0.05, 0.1) is 11.4 Å². The first-order chi connectivity index (χ1) is 20.7. The summed E-state index contributed by atoms with van der Waals surface area (Å²) in [6, 6.07) is 15.2. The summed E-state index contributed by atoms with van der Waals surface area (Å²) < 4.78 is 12.5. The van der Waals surface area contributed by atoms with Crippen LogP contribution in [0.1, 0.15) is 55.0 Å². The van der Waals surface area contributed by atoms with Crippen molar-refractivity contribution in [3.05, 3.63) is 83.2 Å². The third-order valence-corrected chi connectivity index (χ3v) is 8.10. The van der Waals surface area contributed by atoms with Crippen LogP contribution in [0, 0.1) is 19.8 Å². The fraction of sp³-hybridized carbons (Fsp3) is 0.344. The Morgan fingerprint density at radius 2 is 1.64 bits per heavy atom. The molecule has 1 saturated heterocycles. The Hall–Kier alpha value is -4.71. The van der Waals surface area contributed by atoms with Crippen LogP contribution in [0.2, 0.25) is 0 Å². The van der Waals surface area contributed by atoms with Gasteiger partial charge in [0.2, 0.25) is 5.91 Å². The highest BCUT2D eigenvalue weighted by molar-refractivity contribution is 7.80. The fourth-order valence-corrected chi connectivity index (χ4v) is 6.43. The second-order valence-electron chi connectivity index (χ2n) is 11.8. The van der Waals surface area contributed by atoms with Crippen molar-refractivity contribution < 1.29 is 33.4 Å². The number of imide groups is 1. The molecule has 1 aromatic heterocycles. The highest BCUT2D eigenvalue weighted by atomic mass is 32.1. The smallest absolute Gasteiger partial charge is 0.416 e. The molecule has 2 aliphatic heterocycles. The molecule has 2 aliphatic rings. The second-order valence-corrected chi connectivity index (χ2v) is 12.2. The Morgan fingerprint density at radius 3 is 2.23 bits per heavy atom. The molecule has 0 unspecified atom stereocenters. The van der Waals surface area contributed by atoms with E-state index in [4.69, 9.17) is 21.7 Å². The lowest BCUT2D eigenvalue weighted by Crippen LogP contribution is -2.53. The molecular formula is C32H32N4O7S. The molecule has 0 bridgehead atoms. The Bertz CT molecular complexity index is 1710. The summed E-state index contributed by atoms with van der Waals surface area (Å²) in [6.45, 7) is 9.27. The number of carbonyl (C=O) groups is 5. The first kappa shape index (κ1) is 30.7. The van der Waals surface area contributed by atoms with E-state index in [1.807, 2.05) is 6.07 Å². The SMILES string of the molecule is CC(=O)N1C(=O)[C@]2(C(=S)N(C(=O)OC(C)(C)C)[C@H](C(=O)n3nc(C)cc3C)[C@H]2C(=O)OCc2ccccc2)c2ccccc21. The monoisotopic (exact) mass is 616 g/mol. The normalized spacial score (nSPS) is 21.0. The van der Waals surface area contributed by atoms with Gasteiger partial charge in [-0.15, -0.1) is 0 Å². The molecule has 0 radical (unpaired) electrons. The van der Waals surface area contributed by atoms with Crippen molar-refractivity contribution in [2.75, 3.05) is 4.90 Å². The largest absolute Gasteiger partial charge is 0.460 e. The number of hydrogen-bond acceptors (Lipinski definition) is 9. The molecule has 2 aromatic carbocycles. The summed E-state index contributed by atoms with van der Waals surface area (Å²) in [6.07, 6.45) is -1.04. The predicted molar refractivity (Wildman–Crippen MR) is 163 cm³/mol. The van der Waals surface area contributed by atoms with E-state index >= 15 is 0 Å². The predicted octanol–water partition coefficient (Wildman–Crippen LogP) is 4.28. The van der Waals surface area contributed by atoms with Gasteiger partial charge in [0.25, 0.3) is 11.8 Å². The maximum absolute atomic E-state index is 14.6. The number of carbonyl (C=O) groups excluding carboxylic acids is 5. The average molecular weight is 617 g/mol. The van der Waals surface area contributed by atoms with Crippen LogP contribution in [0.3, 0.4) is 0 Å². The summed E-state index contributed by atoms with van der Waals surface area (Å²) in [7, 11) is 0. The Morgan fingerprint density at radius 1 is 1.00 bits per heavy atom. The molecule has 44 heavy (non-hydrogen) atoms. The Balaban J connectivity index is 1.77. The maximum Gasteiger partial charge on any atom is 0.416 e. The third-order valence-electron chi connectivity index (χ3n) is 7.58. The van der Waals surface area contributed by atoms with Crippen LogP contribution in [0.5, 0.6) is 0 Å². The van der Waals surface area contributed by atoms with Gasteiger partial charge in [-0.05, 0) is 57.9 Å². The van der Waals surface area contributed by atoms with Gasteiger partial charge >= 0.3 is 12.1 Å². The number of ether oxygens (including phenoxy) is 2. The first-order valence-electron chi connectivity index (χ1n) is 14.0. The lowest BCUT2D eigenvalue weighted by Gasteiger charge is -2.29. The van der Waals surface area contributed by atoms with E-state index in [1.165, 1.54) is 6.92 Å². The number of hydrogen-bond donors (Lipinski definition) is 0. The number of rotatable bonds is 4. The van der Waals surface area contributed by atoms with Gasteiger partial charge in [0, 0.05) is 12.6 Å². The van der Waals surface area contributed by atoms with Gasteiger partial charge in [0.1, 0.15) is 34.6 Å². The van der Waals surface area contributed by atoms with E-state index in [0.717, 1.165) is 14.5 Å². The van der Waals surface area contributed by atoms with Crippen LogP contribution in [0.15, 0.2) is 60.7 Å². The average Bonchev–Trinajstić information content (AvgIpc) is 3.53. The van der Waals surface area contributed by atoms with Gasteiger partial charge in [-0.25, -0.2) is 14.4 Å². The number of fused-ring (bicyclic) bond motifs is 2. The molecule has 0 aliphatic carbocycles. The number of amides is 3. The minimum atomic E-state index is -2.13. The highest BCUT2D eigenvalue weighted by Gasteiger charge is 2.73. The Labute approximate surface area is 259 Å². The van der Waals surface area contributed by atoms with Crippen molar-refractivity contribution in [2.45, 2.75) is 65.2 Å². The third kappa shape index (κ3) is 4.88. The van der Waals surface area contributed by atoms with Crippen LogP contribution < -0.4 is 4.90 Å². The van der Waals surface area contributed by atoms with Gasteiger partial charge < -0.3 is 9.47 Å². The minimum Gasteiger partial charge on any atom is -0.460 e. The Kier molecular flexibility index (Phi) is 7.75. The molecule has 1 fully saturated rings. The number of esters is 1. The molecule has 3 amide bonds. The first-order valence-corrected chi connectivity index (χ1v) is 14.4. The molecule has 228 valence electrons. The molecule has 12 heteroatoms. The molecule has 3 atom stereocenters. The van der Waals surface area contributed by atoms with Gasteiger partial charge in [-0.2, -0.15) is 5.10 Å². The van der Waals surface area contributed by atoms with E-state index in [0.29, 0.717) is 17.0 Å². The second kappa shape index (κ2) is 11.1. The minimum absolute atomic E-state index is 0.182. The summed E-state index contributed by atoms with van der Waals surface area (Å²) in [5.41, 5.74) is -1.16. The molecule has 11 nitrogen and oxygen atoms in total. The molecule has 3 aromatic rings. The van der Waals surface area contributed by atoms with Crippen LogP contribution in [0.25, 0.3) is 0 Å². The van der Waals surface area contributed by atoms with Crippen LogP contribution in [0.4, 0.5) is 10.5 Å². The number of benzene rings is 2. The number of thiocarbonyl (C=S) groups is 1. The molecular weight excluding hydrogens is 584 g/mol. The lowest BCUT2D eigenvalue weighted by atomic mass is 9.70. The number of anilines is 1. The quantitative estimate of drug-likeness (QED) is 0.312. The van der Waals surface area contributed by atoms with E-state index in [1.54, 1.807) is 89.2 Å². The van der Waals surface area contributed by atoms with E-state index in [9.17, 15) is 24.0 Å². The molecule has 3 heterocycles. The fourth-order valence-electron chi connectivity index (χ4n) is 5.92. The van der Waals surface area contributed by atoms with Crippen molar-refractivity contribution in [3.63, 3.8) is 0 Å². The van der Waals surface area contributed by atoms with Crippen molar-refractivity contribution >= 4 is 52.7 Å². The zero-order valence-electron chi connectivity index (χ0n) is 25.2. The van der Waals surface area contributed by atoms with Gasteiger partial charge in [-0.1, -0.05) is 60.7 Å². The summed E-state index contributed by atoms with van der Waals surface area (Å²) >= 11 is 5.91. The van der Waals surface area contributed by atoms with Crippen LogP contribution in [-0.4, -0.2) is 61.1 Å². The van der Waals surface area contributed by atoms with Crippen molar-refractivity contribution in [2.24, 2.45) is 5.92 Å². The molecule has 0 N–H and O–H groups in total. The summed E-state index contributed by atoms with van der Waals surface area (Å²) in [4.78, 5) is 71.6. The lowest BCUT2D eigenvalue weighted by molar-refractivity contribution is -0.154. The van der Waals surface area contributed by atoms with Gasteiger partial charge in [0.15, 0.2) is 0 Å². The maximum atomic E-state index is 14.6. The van der Waals surface area contributed by atoms with E-state index in [2.05, 4.69) is 5.10 Å². The standard InChI is InChI=1S/C32H32N4O7S/c1-18-16-19(2)36(33-18)26(38)25-24(27(39)42-17-21-12-8-7-9-13-21)32(29(44)35(25)30(41)43-31(4,5)6)22-14-10-11-15-23(22)34(20(3)37)28(32)40/h7-16,24-25H,17H2,1-6H3/t24-,25-,32-/m0/s1. The topological polar surface area (TPSA) is 128 Å². The summed E-state index contributed by atoms with van der Waals surface area (Å²) in [5, 5.41) is 4.30. The van der Waals surface area contributed by atoms with E-state index < -0.39 is 52.8 Å². The van der Waals surface area contributed by atoms with Crippen LogP contribution >= 0.6 is 12.2 Å². The number of aryl methyl sites for hydroxylation is 2. The van der Waals surface area contributed by atoms with Crippen molar-refractivity contribution in [3.8, 4) is 0 Å². The number of nitrogens with zero attached hydrogens (tertiary/aromatic N) is 4. The molecule has 0 saturated carbocycles. The van der Waals surface area contributed by atoms with Crippen molar-refractivity contribution in [1.29, 1.82) is 0 Å². The number of para-hydroxylation sites is 1. The molecule has 5 rings (SSSR count). The van der Waals surface area contributed by atoms with Gasteiger partial charge in [-0.3, -0.25) is 24.1 Å². The number of likely N-dealkylation sites (tertiary alicyclic amines) is 1.